The van der Waals surface area contributed by atoms with Gasteiger partial charge in [-0.15, -0.1) is 0 Å². The Balaban J connectivity index is 2.04. The third kappa shape index (κ3) is 7.12. The number of hydrogen-bond acceptors (Lipinski definition) is 8. The van der Waals surface area contributed by atoms with Gasteiger partial charge in [0.25, 0.3) is 0 Å². The van der Waals surface area contributed by atoms with Crippen LogP contribution >= 0.6 is 0 Å². The lowest BCUT2D eigenvalue weighted by Crippen LogP contribution is -2.13. The molecule has 0 atom stereocenters. The summed E-state index contributed by atoms with van der Waals surface area (Å²) in [7, 11) is 2.62. The van der Waals surface area contributed by atoms with Crippen LogP contribution in [-0.2, 0) is 25.7 Å². The van der Waals surface area contributed by atoms with E-state index in [0.29, 0.717) is 35.5 Å². The minimum Gasteiger partial charge on any atom is -0.490 e. The Morgan fingerprint density at radius 1 is 0.867 bits per heavy atom. The molecule has 0 N–H and O–H groups in total. The number of ether oxygens (including phenoxy) is 5. The molecule has 0 heterocycles. The summed E-state index contributed by atoms with van der Waals surface area (Å²) in [5.74, 6) is 0.505. The summed E-state index contributed by atoms with van der Waals surface area (Å²) in [4.78, 5) is 33.6. The number of aldehydes is 1. The Morgan fingerprint density at radius 3 is 2.37 bits per heavy atom. The van der Waals surface area contributed by atoms with Crippen molar-refractivity contribution >= 4 is 18.2 Å². The summed E-state index contributed by atoms with van der Waals surface area (Å²) < 4.78 is 26.2. The van der Waals surface area contributed by atoms with Gasteiger partial charge in [0, 0.05) is 17.5 Å². The van der Waals surface area contributed by atoms with E-state index in [4.69, 9.17) is 14.2 Å². The number of rotatable bonds is 12. The minimum atomic E-state index is -0.488. The summed E-state index contributed by atoms with van der Waals surface area (Å²) in [6.45, 7) is 0.193. The standard InChI is InChI=1S/C22H24O8/c1-26-21(24)8-5-11-28-20-12-16(13-23)9-10-19(20)29-14-17-6-3-4-7-18(17)30-15-22(25)27-2/h3-4,6-7,9-10,12-13H,5,8,11,14-15H2,1-2H3. The maximum Gasteiger partial charge on any atom is 0.343 e. The van der Waals surface area contributed by atoms with E-state index in [1.54, 1.807) is 30.3 Å². The van der Waals surface area contributed by atoms with Gasteiger partial charge in [-0.25, -0.2) is 4.79 Å². The molecular formula is C22H24O8. The lowest BCUT2D eigenvalue weighted by atomic mass is 10.2. The van der Waals surface area contributed by atoms with Crippen molar-refractivity contribution in [1.82, 2.24) is 0 Å². The molecule has 0 saturated heterocycles. The molecule has 0 radical (unpaired) electrons. The third-order valence-corrected chi connectivity index (χ3v) is 4.04. The molecule has 8 heteroatoms. The summed E-state index contributed by atoms with van der Waals surface area (Å²) in [5, 5.41) is 0. The van der Waals surface area contributed by atoms with E-state index in [9.17, 15) is 14.4 Å². The average Bonchev–Trinajstić information content (AvgIpc) is 2.79. The number of carbonyl (C=O) groups is 3. The zero-order chi connectivity index (χ0) is 21.8. The maximum absolute atomic E-state index is 11.3. The summed E-state index contributed by atoms with van der Waals surface area (Å²) in [6, 6.07) is 12.0. The Hall–Kier alpha value is -3.55. The summed E-state index contributed by atoms with van der Waals surface area (Å²) in [6.07, 6.45) is 1.40. The second-order valence-electron chi connectivity index (χ2n) is 6.11. The number of benzene rings is 2. The fourth-order valence-electron chi connectivity index (χ4n) is 2.45. The highest BCUT2D eigenvalue weighted by atomic mass is 16.6. The van der Waals surface area contributed by atoms with Crippen LogP contribution in [0.4, 0.5) is 0 Å². The normalized spacial score (nSPS) is 10.1. The number of para-hydroxylation sites is 1. The molecule has 0 aromatic heterocycles. The van der Waals surface area contributed by atoms with E-state index >= 15 is 0 Å². The average molecular weight is 416 g/mol. The van der Waals surface area contributed by atoms with Crippen molar-refractivity contribution in [2.24, 2.45) is 0 Å². The van der Waals surface area contributed by atoms with E-state index < -0.39 is 5.97 Å². The molecule has 30 heavy (non-hydrogen) atoms. The first-order valence-electron chi connectivity index (χ1n) is 9.26. The Kier molecular flexibility index (Phi) is 9.18. The number of carbonyl (C=O) groups excluding carboxylic acids is 3. The highest BCUT2D eigenvalue weighted by molar-refractivity contribution is 5.76. The van der Waals surface area contributed by atoms with Gasteiger partial charge in [-0.3, -0.25) is 9.59 Å². The largest absolute Gasteiger partial charge is 0.490 e. The molecule has 0 aliphatic carbocycles. The van der Waals surface area contributed by atoms with Crippen molar-refractivity contribution in [2.75, 3.05) is 27.4 Å². The van der Waals surface area contributed by atoms with Crippen molar-refractivity contribution < 1.29 is 38.1 Å². The molecule has 2 aromatic carbocycles. The van der Waals surface area contributed by atoms with Gasteiger partial charge in [-0.1, -0.05) is 18.2 Å². The van der Waals surface area contributed by atoms with Crippen molar-refractivity contribution in [3.05, 3.63) is 53.6 Å². The van der Waals surface area contributed by atoms with E-state index in [1.165, 1.54) is 14.2 Å². The van der Waals surface area contributed by atoms with E-state index in [0.717, 1.165) is 5.56 Å². The highest BCUT2D eigenvalue weighted by Gasteiger charge is 2.11. The lowest BCUT2D eigenvalue weighted by molar-refractivity contribution is -0.143. The lowest BCUT2D eigenvalue weighted by Gasteiger charge is -2.15. The van der Waals surface area contributed by atoms with Crippen molar-refractivity contribution in [3.63, 3.8) is 0 Å². The molecule has 160 valence electrons. The Bertz CT molecular complexity index is 862. The molecule has 0 fully saturated rings. The summed E-state index contributed by atoms with van der Waals surface area (Å²) >= 11 is 0. The van der Waals surface area contributed by atoms with Gasteiger partial charge in [-0.05, 0) is 30.7 Å². The number of methoxy groups -OCH3 is 2. The van der Waals surface area contributed by atoms with Crippen LogP contribution in [0.5, 0.6) is 17.2 Å². The monoisotopic (exact) mass is 416 g/mol. The van der Waals surface area contributed by atoms with Crippen LogP contribution in [0.3, 0.4) is 0 Å². The molecule has 0 bridgehead atoms. The fraction of sp³-hybridized carbons (Fsp3) is 0.318. The molecule has 0 amide bonds. The topological polar surface area (TPSA) is 97.4 Å². The van der Waals surface area contributed by atoms with Crippen LogP contribution in [0.1, 0.15) is 28.8 Å². The second-order valence-corrected chi connectivity index (χ2v) is 6.11. The predicted octanol–water partition coefficient (Wildman–Crippen LogP) is 2.96. The first kappa shape index (κ1) is 22.7. The zero-order valence-corrected chi connectivity index (χ0v) is 16.9. The van der Waals surface area contributed by atoms with E-state index in [-0.39, 0.29) is 32.2 Å². The van der Waals surface area contributed by atoms with Crippen molar-refractivity contribution in [3.8, 4) is 17.2 Å². The van der Waals surface area contributed by atoms with Gasteiger partial charge in [0.15, 0.2) is 18.1 Å². The zero-order valence-electron chi connectivity index (χ0n) is 16.9. The number of hydrogen-bond donors (Lipinski definition) is 0. The van der Waals surface area contributed by atoms with Crippen LogP contribution in [0.2, 0.25) is 0 Å². The quantitative estimate of drug-likeness (QED) is 0.296. The van der Waals surface area contributed by atoms with Gasteiger partial charge in [0.2, 0.25) is 0 Å². The molecule has 0 aliphatic rings. The molecular weight excluding hydrogens is 392 g/mol. The highest BCUT2D eigenvalue weighted by Crippen LogP contribution is 2.30. The molecule has 0 aliphatic heterocycles. The predicted molar refractivity (Wildman–Crippen MR) is 107 cm³/mol. The van der Waals surface area contributed by atoms with Crippen molar-refractivity contribution in [2.45, 2.75) is 19.4 Å². The van der Waals surface area contributed by atoms with Crippen LogP contribution < -0.4 is 14.2 Å². The van der Waals surface area contributed by atoms with Crippen LogP contribution in [0.25, 0.3) is 0 Å². The minimum absolute atomic E-state index is 0.149. The van der Waals surface area contributed by atoms with Crippen molar-refractivity contribution in [1.29, 1.82) is 0 Å². The smallest absolute Gasteiger partial charge is 0.343 e. The molecule has 0 spiro atoms. The Morgan fingerprint density at radius 2 is 1.63 bits per heavy atom. The fourth-order valence-corrected chi connectivity index (χ4v) is 2.45. The molecule has 8 nitrogen and oxygen atoms in total. The van der Waals surface area contributed by atoms with Crippen LogP contribution in [0, 0.1) is 0 Å². The first-order valence-corrected chi connectivity index (χ1v) is 9.26. The molecule has 0 saturated carbocycles. The maximum atomic E-state index is 11.3. The van der Waals surface area contributed by atoms with E-state index in [1.807, 2.05) is 12.1 Å². The van der Waals surface area contributed by atoms with Crippen LogP contribution in [-0.4, -0.2) is 45.7 Å². The van der Waals surface area contributed by atoms with Gasteiger partial charge in [0.1, 0.15) is 18.6 Å². The van der Waals surface area contributed by atoms with Crippen LogP contribution in [0.15, 0.2) is 42.5 Å². The molecule has 0 unspecified atom stereocenters. The first-order chi connectivity index (χ1) is 14.6. The second kappa shape index (κ2) is 12.1. The van der Waals surface area contributed by atoms with Gasteiger partial charge in [-0.2, -0.15) is 0 Å². The molecule has 2 rings (SSSR count). The summed E-state index contributed by atoms with van der Waals surface area (Å²) in [5.41, 5.74) is 1.16. The van der Waals surface area contributed by atoms with E-state index in [2.05, 4.69) is 9.47 Å². The number of esters is 2. The van der Waals surface area contributed by atoms with Gasteiger partial charge >= 0.3 is 11.9 Å². The molecule has 2 aromatic rings. The Labute approximate surface area is 174 Å². The SMILES string of the molecule is COC(=O)CCCOc1cc(C=O)ccc1OCc1ccccc1OCC(=O)OC. The van der Waals surface area contributed by atoms with Gasteiger partial charge in [0.05, 0.1) is 20.8 Å². The third-order valence-electron chi connectivity index (χ3n) is 4.04. The van der Waals surface area contributed by atoms with Gasteiger partial charge < -0.3 is 23.7 Å².